The Morgan fingerprint density at radius 1 is 1.21 bits per heavy atom. The maximum atomic E-state index is 12.7. The zero-order chi connectivity index (χ0) is 16.4. The number of fused-ring (bicyclic) bond motifs is 1. The summed E-state index contributed by atoms with van der Waals surface area (Å²) >= 11 is 0. The summed E-state index contributed by atoms with van der Waals surface area (Å²) in [7, 11) is 0. The molecule has 1 aliphatic heterocycles. The molecule has 1 aromatic rings. The summed E-state index contributed by atoms with van der Waals surface area (Å²) in [6, 6.07) is 5.68. The summed E-state index contributed by atoms with van der Waals surface area (Å²) in [5, 5.41) is 3.28. The number of amides is 1. The van der Waals surface area contributed by atoms with Crippen molar-refractivity contribution < 1.29 is 9.53 Å². The van der Waals surface area contributed by atoms with E-state index in [9.17, 15) is 4.79 Å². The number of rotatable bonds is 2. The number of nitrogen functional groups attached to an aromatic ring is 1. The van der Waals surface area contributed by atoms with Gasteiger partial charge in [0.1, 0.15) is 11.4 Å². The molecule has 0 bridgehead atoms. The van der Waals surface area contributed by atoms with Crippen LogP contribution in [0.1, 0.15) is 70.4 Å². The highest BCUT2D eigenvalue weighted by Crippen LogP contribution is 2.40. The van der Waals surface area contributed by atoms with E-state index in [1.54, 1.807) is 0 Å². The summed E-state index contributed by atoms with van der Waals surface area (Å²) in [6.07, 6.45) is 7.65. The zero-order valence-corrected chi connectivity index (χ0v) is 15.5. The molecule has 1 amide bonds. The van der Waals surface area contributed by atoms with Crippen molar-refractivity contribution in [2.75, 3.05) is 5.73 Å². The largest absolute Gasteiger partial charge is 0.487 e. The lowest BCUT2D eigenvalue weighted by Crippen LogP contribution is -2.43. The lowest BCUT2D eigenvalue weighted by atomic mass is 9.88. The molecule has 0 aromatic heterocycles. The van der Waals surface area contributed by atoms with Crippen LogP contribution >= 0.6 is 12.4 Å². The van der Waals surface area contributed by atoms with Crippen molar-refractivity contribution in [3.63, 3.8) is 0 Å². The Morgan fingerprint density at radius 3 is 2.54 bits per heavy atom. The van der Waals surface area contributed by atoms with Gasteiger partial charge in [-0.15, -0.1) is 12.4 Å². The van der Waals surface area contributed by atoms with Crippen LogP contribution in [0.3, 0.4) is 0 Å². The van der Waals surface area contributed by atoms with Gasteiger partial charge in [-0.2, -0.15) is 0 Å². The van der Waals surface area contributed by atoms with Crippen molar-refractivity contribution >= 4 is 24.0 Å². The predicted molar refractivity (Wildman–Crippen MR) is 99.5 cm³/mol. The summed E-state index contributed by atoms with van der Waals surface area (Å²) in [5.74, 6) is 1.19. The normalized spacial score (nSPS) is 23.2. The van der Waals surface area contributed by atoms with Crippen molar-refractivity contribution in [3.05, 3.63) is 23.8 Å². The highest BCUT2D eigenvalue weighted by Gasteiger charge is 2.35. The van der Waals surface area contributed by atoms with Gasteiger partial charge in [0.2, 0.25) is 5.91 Å². The molecule has 1 fully saturated rings. The monoisotopic (exact) mass is 352 g/mol. The number of carbonyl (C=O) groups is 1. The van der Waals surface area contributed by atoms with Crippen molar-refractivity contribution in [1.82, 2.24) is 5.32 Å². The minimum atomic E-state index is -0.287. The first-order valence-electron chi connectivity index (χ1n) is 8.83. The van der Waals surface area contributed by atoms with Gasteiger partial charge in [0, 0.05) is 23.6 Å². The zero-order valence-electron chi connectivity index (χ0n) is 14.6. The molecule has 0 spiro atoms. The van der Waals surface area contributed by atoms with Gasteiger partial charge in [0.05, 0.1) is 6.04 Å². The molecule has 3 rings (SSSR count). The number of nitrogens with two attached hydrogens (primary N) is 1. The quantitative estimate of drug-likeness (QED) is 0.613. The summed E-state index contributed by atoms with van der Waals surface area (Å²) in [6.45, 7) is 4.13. The molecule has 1 saturated carbocycles. The minimum absolute atomic E-state index is 0. The Bertz CT molecular complexity index is 581. The van der Waals surface area contributed by atoms with Crippen molar-refractivity contribution in [2.45, 2.75) is 70.4 Å². The summed E-state index contributed by atoms with van der Waals surface area (Å²) in [5.41, 5.74) is 7.37. The second kappa shape index (κ2) is 7.64. The van der Waals surface area contributed by atoms with Gasteiger partial charge in [-0.1, -0.05) is 25.7 Å². The van der Waals surface area contributed by atoms with E-state index in [-0.39, 0.29) is 35.9 Å². The molecule has 1 atom stereocenters. The van der Waals surface area contributed by atoms with Crippen LogP contribution in [0.25, 0.3) is 0 Å². The number of carbonyl (C=O) groups excluding carboxylic acids is 1. The van der Waals surface area contributed by atoms with E-state index in [2.05, 4.69) is 19.2 Å². The SMILES string of the molecule is CC1(C)CC(NC(=O)C2CCCCCC2)c2cc(N)ccc2O1.Cl. The van der Waals surface area contributed by atoms with Crippen LogP contribution in [-0.4, -0.2) is 11.5 Å². The standard InChI is InChI=1S/C19H28N2O2.ClH/c1-19(2)12-16(15-11-14(20)9-10-17(15)23-19)21-18(22)13-7-5-3-4-6-8-13;/h9-11,13,16H,3-8,12,20H2,1-2H3,(H,21,22);1H. The molecule has 134 valence electrons. The molecule has 24 heavy (non-hydrogen) atoms. The van der Waals surface area contributed by atoms with E-state index < -0.39 is 0 Å². The lowest BCUT2D eigenvalue weighted by Gasteiger charge is -2.38. The molecule has 1 unspecified atom stereocenters. The molecule has 0 saturated heterocycles. The highest BCUT2D eigenvalue weighted by atomic mass is 35.5. The van der Waals surface area contributed by atoms with Gasteiger partial charge >= 0.3 is 0 Å². The van der Waals surface area contributed by atoms with E-state index in [1.165, 1.54) is 25.7 Å². The average molecular weight is 353 g/mol. The lowest BCUT2D eigenvalue weighted by molar-refractivity contribution is -0.126. The minimum Gasteiger partial charge on any atom is -0.487 e. The topological polar surface area (TPSA) is 64.4 Å². The third-order valence-corrected chi connectivity index (χ3v) is 5.03. The first kappa shape index (κ1) is 18.9. The fourth-order valence-electron chi connectivity index (χ4n) is 3.83. The molecule has 2 aliphatic rings. The molecule has 0 radical (unpaired) electrons. The molecule has 5 heteroatoms. The number of ether oxygens (including phenoxy) is 1. The Kier molecular flexibility index (Phi) is 6.02. The molecular weight excluding hydrogens is 324 g/mol. The van der Waals surface area contributed by atoms with Crippen LogP contribution in [0.4, 0.5) is 5.69 Å². The smallest absolute Gasteiger partial charge is 0.223 e. The van der Waals surface area contributed by atoms with Gasteiger partial charge in [-0.05, 0) is 44.9 Å². The van der Waals surface area contributed by atoms with Crippen molar-refractivity contribution in [1.29, 1.82) is 0 Å². The maximum Gasteiger partial charge on any atom is 0.223 e. The second-order valence-electron chi connectivity index (χ2n) is 7.61. The Balaban J connectivity index is 0.00000208. The van der Waals surface area contributed by atoms with E-state index in [4.69, 9.17) is 10.5 Å². The van der Waals surface area contributed by atoms with Crippen LogP contribution in [0.2, 0.25) is 0 Å². The van der Waals surface area contributed by atoms with E-state index in [0.29, 0.717) is 5.69 Å². The Morgan fingerprint density at radius 2 is 1.88 bits per heavy atom. The predicted octanol–water partition coefficient (Wildman–Crippen LogP) is 4.38. The number of benzene rings is 1. The van der Waals surface area contributed by atoms with Crippen LogP contribution < -0.4 is 15.8 Å². The number of anilines is 1. The van der Waals surface area contributed by atoms with Crippen LogP contribution in [0.5, 0.6) is 5.75 Å². The van der Waals surface area contributed by atoms with Gasteiger partial charge < -0.3 is 15.8 Å². The van der Waals surface area contributed by atoms with Gasteiger partial charge in [-0.3, -0.25) is 4.79 Å². The molecule has 1 heterocycles. The second-order valence-corrected chi connectivity index (χ2v) is 7.61. The summed E-state index contributed by atoms with van der Waals surface area (Å²) in [4.78, 5) is 12.7. The number of hydrogen-bond acceptors (Lipinski definition) is 3. The first-order chi connectivity index (χ1) is 10.9. The molecule has 1 aromatic carbocycles. The molecule has 3 N–H and O–H groups in total. The van der Waals surface area contributed by atoms with E-state index in [0.717, 1.165) is 30.6 Å². The van der Waals surface area contributed by atoms with Crippen LogP contribution in [0.15, 0.2) is 18.2 Å². The third kappa shape index (κ3) is 4.35. The fourth-order valence-corrected chi connectivity index (χ4v) is 3.83. The maximum absolute atomic E-state index is 12.7. The van der Waals surface area contributed by atoms with E-state index >= 15 is 0 Å². The van der Waals surface area contributed by atoms with Crippen molar-refractivity contribution in [2.24, 2.45) is 5.92 Å². The molecular formula is C19H29ClN2O2. The Labute approximate surface area is 150 Å². The number of halogens is 1. The van der Waals surface area contributed by atoms with Crippen LogP contribution in [0, 0.1) is 5.92 Å². The fraction of sp³-hybridized carbons (Fsp3) is 0.632. The van der Waals surface area contributed by atoms with Crippen LogP contribution in [-0.2, 0) is 4.79 Å². The Hall–Kier alpha value is -1.42. The van der Waals surface area contributed by atoms with Crippen molar-refractivity contribution in [3.8, 4) is 5.75 Å². The van der Waals surface area contributed by atoms with Gasteiger partial charge in [0.25, 0.3) is 0 Å². The average Bonchev–Trinajstić information content (AvgIpc) is 2.76. The van der Waals surface area contributed by atoms with Gasteiger partial charge in [-0.25, -0.2) is 0 Å². The van der Waals surface area contributed by atoms with E-state index in [1.807, 2.05) is 18.2 Å². The van der Waals surface area contributed by atoms with Gasteiger partial charge in [0.15, 0.2) is 0 Å². The first-order valence-corrected chi connectivity index (χ1v) is 8.83. The molecule has 4 nitrogen and oxygen atoms in total. The highest BCUT2D eigenvalue weighted by molar-refractivity contribution is 5.85. The molecule has 1 aliphatic carbocycles. The summed E-state index contributed by atoms with van der Waals surface area (Å²) < 4.78 is 6.04. The third-order valence-electron chi connectivity index (χ3n) is 5.03. The number of nitrogens with one attached hydrogen (secondary N) is 1. The number of hydrogen-bond donors (Lipinski definition) is 2.